The van der Waals surface area contributed by atoms with Crippen LogP contribution < -0.4 is 10.1 Å². The van der Waals surface area contributed by atoms with Crippen molar-refractivity contribution in [3.05, 3.63) is 75.5 Å². The summed E-state index contributed by atoms with van der Waals surface area (Å²) in [7, 11) is 0. The van der Waals surface area contributed by atoms with Crippen molar-refractivity contribution < 1.29 is 9.53 Å². The Morgan fingerprint density at radius 1 is 1.19 bits per heavy atom. The smallest absolute Gasteiger partial charge is 0.276 e. The third-order valence-electron chi connectivity index (χ3n) is 3.88. The SMILES string of the molecule is Cc1cc(Cl)ccc1OCn1ccc(C(=O)Nc2cccc(Cl)c2C)n1. The van der Waals surface area contributed by atoms with Gasteiger partial charge in [0.05, 0.1) is 0 Å². The first kappa shape index (κ1) is 18.3. The van der Waals surface area contributed by atoms with Gasteiger partial charge in [-0.25, -0.2) is 4.68 Å². The zero-order chi connectivity index (χ0) is 18.7. The molecule has 2 aromatic carbocycles. The summed E-state index contributed by atoms with van der Waals surface area (Å²) in [4.78, 5) is 12.4. The molecule has 26 heavy (non-hydrogen) atoms. The van der Waals surface area contributed by atoms with Gasteiger partial charge in [0.25, 0.3) is 5.91 Å². The van der Waals surface area contributed by atoms with Crippen LogP contribution in [0, 0.1) is 13.8 Å². The van der Waals surface area contributed by atoms with Gasteiger partial charge in [0, 0.05) is 21.9 Å². The number of benzene rings is 2. The topological polar surface area (TPSA) is 56.1 Å². The lowest BCUT2D eigenvalue weighted by Crippen LogP contribution is -2.15. The summed E-state index contributed by atoms with van der Waals surface area (Å²) in [5, 5.41) is 8.31. The molecule has 7 heteroatoms. The lowest BCUT2D eigenvalue weighted by molar-refractivity contribution is 0.102. The van der Waals surface area contributed by atoms with Crippen LogP contribution in [0.15, 0.2) is 48.7 Å². The van der Waals surface area contributed by atoms with Gasteiger partial charge in [-0.15, -0.1) is 0 Å². The molecule has 1 heterocycles. The highest BCUT2D eigenvalue weighted by Gasteiger charge is 2.12. The molecule has 1 aromatic heterocycles. The van der Waals surface area contributed by atoms with E-state index in [9.17, 15) is 4.79 Å². The van der Waals surface area contributed by atoms with Crippen LogP contribution in [-0.4, -0.2) is 15.7 Å². The molecule has 1 amide bonds. The van der Waals surface area contributed by atoms with E-state index in [-0.39, 0.29) is 12.6 Å². The van der Waals surface area contributed by atoms with Crippen molar-refractivity contribution in [3.8, 4) is 5.75 Å². The molecule has 0 bridgehead atoms. The fourth-order valence-corrected chi connectivity index (χ4v) is 2.80. The monoisotopic (exact) mass is 389 g/mol. The zero-order valence-corrected chi connectivity index (χ0v) is 15.8. The minimum absolute atomic E-state index is 0.186. The van der Waals surface area contributed by atoms with Crippen LogP contribution in [-0.2, 0) is 6.73 Å². The molecule has 0 saturated carbocycles. The van der Waals surface area contributed by atoms with E-state index in [1.807, 2.05) is 19.9 Å². The van der Waals surface area contributed by atoms with Crippen molar-refractivity contribution in [1.82, 2.24) is 9.78 Å². The van der Waals surface area contributed by atoms with Crippen LogP contribution >= 0.6 is 23.2 Å². The molecule has 0 spiro atoms. The first-order valence-corrected chi connectivity index (χ1v) is 8.68. The molecule has 3 aromatic rings. The summed E-state index contributed by atoms with van der Waals surface area (Å²) >= 11 is 12.0. The van der Waals surface area contributed by atoms with Gasteiger partial charge in [-0.3, -0.25) is 4.79 Å². The maximum Gasteiger partial charge on any atom is 0.276 e. The molecular weight excluding hydrogens is 373 g/mol. The van der Waals surface area contributed by atoms with E-state index in [1.54, 1.807) is 47.3 Å². The number of ether oxygens (including phenoxy) is 1. The molecule has 0 atom stereocenters. The predicted octanol–water partition coefficient (Wildman–Crippen LogP) is 5.10. The molecule has 5 nitrogen and oxygen atoms in total. The summed E-state index contributed by atoms with van der Waals surface area (Å²) in [6.45, 7) is 3.95. The predicted molar refractivity (Wildman–Crippen MR) is 103 cm³/mol. The highest BCUT2D eigenvalue weighted by Crippen LogP contribution is 2.24. The third kappa shape index (κ3) is 4.18. The summed E-state index contributed by atoms with van der Waals surface area (Å²) in [6, 6.07) is 12.4. The van der Waals surface area contributed by atoms with Crippen LogP contribution in [0.3, 0.4) is 0 Å². The van der Waals surface area contributed by atoms with Gasteiger partial charge in [0.1, 0.15) is 5.75 Å². The molecule has 0 fully saturated rings. The Morgan fingerprint density at radius 3 is 2.77 bits per heavy atom. The minimum atomic E-state index is -0.309. The number of nitrogens with zero attached hydrogens (tertiary/aromatic N) is 2. The number of rotatable bonds is 5. The average Bonchev–Trinajstić information content (AvgIpc) is 3.07. The largest absolute Gasteiger partial charge is 0.471 e. The molecule has 0 saturated heterocycles. The van der Waals surface area contributed by atoms with Crippen LogP contribution in [0.1, 0.15) is 21.6 Å². The van der Waals surface area contributed by atoms with Gasteiger partial charge in [0.2, 0.25) is 0 Å². The van der Waals surface area contributed by atoms with E-state index in [0.717, 1.165) is 11.1 Å². The molecule has 0 aliphatic carbocycles. The first-order valence-electron chi connectivity index (χ1n) is 7.93. The fraction of sp³-hybridized carbons (Fsp3) is 0.158. The minimum Gasteiger partial charge on any atom is -0.471 e. The molecule has 0 aliphatic heterocycles. The number of nitrogens with one attached hydrogen (secondary N) is 1. The second-order valence-electron chi connectivity index (χ2n) is 5.79. The third-order valence-corrected chi connectivity index (χ3v) is 4.52. The maximum absolute atomic E-state index is 12.4. The first-order chi connectivity index (χ1) is 12.4. The number of amides is 1. The molecule has 0 unspecified atom stereocenters. The number of carbonyl (C=O) groups excluding carboxylic acids is 1. The van der Waals surface area contributed by atoms with E-state index < -0.39 is 0 Å². The summed E-state index contributed by atoms with van der Waals surface area (Å²) in [5.41, 5.74) is 2.69. The van der Waals surface area contributed by atoms with Crippen molar-refractivity contribution >= 4 is 34.8 Å². The molecule has 134 valence electrons. The number of carbonyl (C=O) groups is 1. The summed E-state index contributed by atoms with van der Waals surface area (Å²) in [6.07, 6.45) is 1.69. The van der Waals surface area contributed by atoms with E-state index >= 15 is 0 Å². The second-order valence-corrected chi connectivity index (χ2v) is 6.63. The van der Waals surface area contributed by atoms with Crippen LogP contribution in [0.5, 0.6) is 5.75 Å². The molecule has 3 rings (SSSR count). The Hall–Kier alpha value is -2.50. The molecular formula is C19H17Cl2N3O2. The number of halogens is 2. The normalized spacial score (nSPS) is 10.6. The molecule has 0 aliphatic rings. The van der Waals surface area contributed by atoms with Gasteiger partial charge >= 0.3 is 0 Å². The second kappa shape index (κ2) is 7.81. The Balaban J connectivity index is 1.65. The standard InChI is InChI=1S/C19H17Cl2N3O2/c1-12-10-14(20)6-7-18(12)26-11-24-9-8-17(23-24)19(25)22-16-5-3-4-15(21)13(16)2/h3-10H,11H2,1-2H3,(H,22,25). The van der Waals surface area contributed by atoms with Gasteiger partial charge in [0.15, 0.2) is 12.4 Å². The van der Waals surface area contributed by atoms with E-state index in [2.05, 4.69) is 10.4 Å². The van der Waals surface area contributed by atoms with Crippen LogP contribution in [0.2, 0.25) is 10.0 Å². The number of hydrogen-bond acceptors (Lipinski definition) is 3. The Labute approximate surface area is 161 Å². The van der Waals surface area contributed by atoms with E-state index in [4.69, 9.17) is 27.9 Å². The van der Waals surface area contributed by atoms with Crippen molar-refractivity contribution in [2.45, 2.75) is 20.6 Å². The highest BCUT2D eigenvalue weighted by atomic mass is 35.5. The molecule has 0 radical (unpaired) electrons. The van der Waals surface area contributed by atoms with Gasteiger partial charge in [-0.05, 0) is 61.4 Å². The Bertz CT molecular complexity index is 954. The number of hydrogen-bond donors (Lipinski definition) is 1. The highest BCUT2D eigenvalue weighted by molar-refractivity contribution is 6.31. The van der Waals surface area contributed by atoms with Crippen molar-refractivity contribution in [1.29, 1.82) is 0 Å². The maximum atomic E-state index is 12.4. The summed E-state index contributed by atoms with van der Waals surface area (Å²) < 4.78 is 7.27. The van der Waals surface area contributed by atoms with E-state index in [0.29, 0.717) is 27.2 Å². The fourth-order valence-electron chi connectivity index (χ4n) is 2.39. The van der Waals surface area contributed by atoms with E-state index in [1.165, 1.54) is 0 Å². The quantitative estimate of drug-likeness (QED) is 0.660. The lowest BCUT2D eigenvalue weighted by Gasteiger charge is -2.09. The van der Waals surface area contributed by atoms with Gasteiger partial charge in [-0.1, -0.05) is 29.3 Å². The van der Waals surface area contributed by atoms with Crippen molar-refractivity contribution in [3.63, 3.8) is 0 Å². The summed E-state index contributed by atoms with van der Waals surface area (Å²) in [5.74, 6) is 0.405. The van der Waals surface area contributed by atoms with Crippen LogP contribution in [0.4, 0.5) is 5.69 Å². The average molecular weight is 390 g/mol. The van der Waals surface area contributed by atoms with Crippen LogP contribution in [0.25, 0.3) is 0 Å². The number of anilines is 1. The van der Waals surface area contributed by atoms with Gasteiger partial charge < -0.3 is 10.1 Å². The lowest BCUT2D eigenvalue weighted by atomic mass is 10.2. The zero-order valence-electron chi connectivity index (χ0n) is 14.3. The van der Waals surface area contributed by atoms with Gasteiger partial charge in [-0.2, -0.15) is 5.10 Å². The van der Waals surface area contributed by atoms with Crippen molar-refractivity contribution in [2.24, 2.45) is 0 Å². The Kier molecular flexibility index (Phi) is 5.49. The Morgan fingerprint density at radius 2 is 2.00 bits per heavy atom. The van der Waals surface area contributed by atoms with Crippen molar-refractivity contribution in [2.75, 3.05) is 5.32 Å². The number of aromatic nitrogens is 2. The number of aryl methyl sites for hydroxylation is 1. The molecule has 1 N–H and O–H groups in total.